The number of rotatable bonds is 6. The molecular weight excluding hydrogens is 330 g/mol. The summed E-state index contributed by atoms with van der Waals surface area (Å²) in [5.41, 5.74) is 0. The Hall–Kier alpha value is -0.860. The first-order chi connectivity index (χ1) is 12.6. The van der Waals surface area contributed by atoms with Gasteiger partial charge in [-0.15, -0.1) is 0 Å². The van der Waals surface area contributed by atoms with Gasteiger partial charge in [0.25, 0.3) is 0 Å². The zero-order chi connectivity index (χ0) is 18.5. The Kier molecular flexibility index (Phi) is 7.17. The van der Waals surface area contributed by atoms with E-state index in [9.17, 15) is 8.78 Å². The Balaban J connectivity index is 1.49. The SMILES string of the molecule is CCCC1CCC(C2CCC(C3CC=C(OCC)C(F)=C3F)CC2)CC1. The Labute approximate surface area is 158 Å². The van der Waals surface area contributed by atoms with E-state index < -0.39 is 11.7 Å². The zero-order valence-corrected chi connectivity index (χ0v) is 16.6. The van der Waals surface area contributed by atoms with Crippen LogP contribution in [-0.4, -0.2) is 6.61 Å². The molecule has 0 aromatic heterocycles. The van der Waals surface area contributed by atoms with Gasteiger partial charge in [0.05, 0.1) is 6.61 Å². The highest BCUT2D eigenvalue weighted by atomic mass is 19.2. The van der Waals surface area contributed by atoms with Crippen molar-refractivity contribution in [3.63, 3.8) is 0 Å². The third-order valence-corrected chi connectivity index (χ3v) is 7.25. The molecule has 2 saturated carbocycles. The highest BCUT2D eigenvalue weighted by molar-refractivity contribution is 5.29. The summed E-state index contributed by atoms with van der Waals surface area (Å²) in [6, 6.07) is 0. The van der Waals surface area contributed by atoms with Crippen LogP contribution in [0.2, 0.25) is 0 Å². The van der Waals surface area contributed by atoms with Gasteiger partial charge in [-0.2, -0.15) is 0 Å². The van der Waals surface area contributed by atoms with Gasteiger partial charge in [-0.3, -0.25) is 0 Å². The highest BCUT2D eigenvalue weighted by Gasteiger charge is 2.37. The lowest BCUT2D eigenvalue weighted by Crippen LogP contribution is -2.29. The Morgan fingerprint density at radius 3 is 2.04 bits per heavy atom. The number of allylic oxidation sites excluding steroid dienone is 3. The maximum absolute atomic E-state index is 14.6. The summed E-state index contributed by atoms with van der Waals surface area (Å²) in [5.74, 6) is 1.51. The number of hydrogen-bond donors (Lipinski definition) is 0. The lowest BCUT2D eigenvalue weighted by molar-refractivity contribution is 0.121. The topological polar surface area (TPSA) is 9.23 Å². The monoisotopic (exact) mass is 366 g/mol. The van der Waals surface area contributed by atoms with Gasteiger partial charge in [0.1, 0.15) is 5.83 Å². The first kappa shape index (κ1) is 19.9. The van der Waals surface area contributed by atoms with E-state index in [0.717, 1.165) is 30.6 Å². The van der Waals surface area contributed by atoms with E-state index in [1.54, 1.807) is 13.0 Å². The molecule has 0 heterocycles. The van der Waals surface area contributed by atoms with E-state index in [-0.39, 0.29) is 11.7 Å². The van der Waals surface area contributed by atoms with Crippen molar-refractivity contribution in [3.05, 3.63) is 23.5 Å². The zero-order valence-electron chi connectivity index (χ0n) is 16.6. The van der Waals surface area contributed by atoms with Crippen LogP contribution in [0.1, 0.15) is 84.5 Å². The van der Waals surface area contributed by atoms with Crippen molar-refractivity contribution in [2.24, 2.45) is 29.6 Å². The molecule has 3 rings (SSSR count). The summed E-state index contributed by atoms with van der Waals surface area (Å²) in [6.07, 6.45) is 15.2. The summed E-state index contributed by atoms with van der Waals surface area (Å²) < 4.78 is 34.0. The summed E-state index contributed by atoms with van der Waals surface area (Å²) in [6.45, 7) is 4.47. The molecule has 0 radical (unpaired) electrons. The Morgan fingerprint density at radius 2 is 1.46 bits per heavy atom. The van der Waals surface area contributed by atoms with Crippen molar-refractivity contribution in [1.82, 2.24) is 0 Å². The van der Waals surface area contributed by atoms with Gasteiger partial charge in [-0.25, -0.2) is 8.78 Å². The molecule has 0 N–H and O–H groups in total. The van der Waals surface area contributed by atoms with E-state index in [4.69, 9.17) is 4.74 Å². The van der Waals surface area contributed by atoms with Crippen molar-refractivity contribution >= 4 is 0 Å². The first-order valence-electron chi connectivity index (χ1n) is 11.0. The molecule has 3 heteroatoms. The molecule has 1 nitrogen and oxygen atoms in total. The standard InChI is InChI=1S/C23H36F2O/c1-3-5-16-6-8-17(9-7-16)18-10-12-19(13-11-18)20-14-15-21(26-4-2)23(25)22(20)24/h15-20H,3-14H2,1-2H3. The quantitative estimate of drug-likeness (QED) is 0.473. The number of hydrogen-bond acceptors (Lipinski definition) is 1. The van der Waals surface area contributed by atoms with Gasteiger partial charge >= 0.3 is 0 Å². The maximum atomic E-state index is 14.6. The van der Waals surface area contributed by atoms with Gasteiger partial charge in [-0.1, -0.05) is 32.6 Å². The highest BCUT2D eigenvalue weighted by Crippen LogP contribution is 2.47. The minimum Gasteiger partial charge on any atom is -0.491 e. The summed E-state index contributed by atoms with van der Waals surface area (Å²) in [7, 11) is 0. The van der Waals surface area contributed by atoms with Gasteiger partial charge in [0, 0.05) is 5.92 Å². The summed E-state index contributed by atoms with van der Waals surface area (Å²) >= 11 is 0. The van der Waals surface area contributed by atoms with E-state index in [2.05, 4.69) is 6.92 Å². The van der Waals surface area contributed by atoms with Crippen molar-refractivity contribution in [2.75, 3.05) is 6.61 Å². The van der Waals surface area contributed by atoms with Gasteiger partial charge < -0.3 is 4.74 Å². The molecule has 0 saturated heterocycles. The second-order valence-electron chi connectivity index (χ2n) is 8.75. The van der Waals surface area contributed by atoms with Crippen LogP contribution >= 0.6 is 0 Å². The van der Waals surface area contributed by atoms with Crippen LogP contribution in [0.3, 0.4) is 0 Å². The molecule has 0 aliphatic heterocycles. The maximum Gasteiger partial charge on any atom is 0.196 e. The van der Waals surface area contributed by atoms with Crippen LogP contribution in [0.5, 0.6) is 0 Å². The predicted molar refractivity (Wildman–Crippen MR) is 103 cm³/mol. The van der Waals surface area contributed by atoms with Crippen LogP contribution in [0, 0.1) is 29.6 Å². The largest absolute Gasteiger partial charge is 0.491 e. The second kappa shape index (κ2) is 9.37. The smallest absolute Gasteiger partial charge is 0.196 e. The molecule has 0 bridgehead atoms. The Bertz CT molecular complexity index is 508. The molecule has 3 aliphatic rings. The molecule has 0 aromatic rings. The average molecular weight is 367 g/mol. The molecule has 0 aromatic carbocycles. The molecule has 148 valence electrons. The molecule has 3 aliphatic carbocycles. The number of ether oxygens (including phenoxy) is 1. The fourth-order valence-corrected chi connectivity index (χ4v) is 5.76. The van der Waals surface area contributed by atoms with Crippen LogP contribution < -0.4 is 0 Å². The minimum absolute atomic E-state index is 0.110. The minimum atomic E-state index is -0.750. The fourth-order valence-electron chi connectivity index (χ4n) is 5.76. The van der Waals surface area contributed by atoms with Crippen molar-refractivity contribution in [2.45, 2.75) is 84.5 Å². The van der Waals surface area contributed by atoms with Crippen LogP contribution in [-0.2, 0) is 4.74 Å². The molecule has 0 amide bonds. The van der Waals surface area contributed by atoms with Crippen molar-refractivity contribution in [3.8, 4) is 0 Å². The van der Waals surface area contributed by atoms with Crippen LogP contribution in [0.25, 0.3) is 0 Å². The van der Waals surface area contributed by atoms with Gasteiger partial charge in [0.2, 0.25) is 0 Å². The second-order valence-corrected chi connectivity index (χ2v) is 8.75. The third-order valence-electron chi connectivity index (χ3n) is 7.25. The lowest BCUT2D eigenvalue weighted by atomic mass is 9.66. The molecular formula is C23H36F2O. The van der Waals surface area contributed by atoms with E-state index in [0.29, 0.717) is 18.9 Å². The molecule has 1 atom stereocenters. The molecule has 1 unspecified atom stereocenters. The number of halogens is 2. The fraction of sp³-hybridized carbons (Fsp3) is 0.826. The normalized spacial score (nSPS) is 36.0. The van der Waals surface area contributed by atoms with E-state index >= 15 is 0 Å². The van der Waals surface area contributed by atoms with Gasteiger partial charge in [0.15, 0.2) is 11.6 Å². The Morgan fingerprint density at radius 1 is 0.885 bits per heavy atom. The third kappa shape index (κ3) is 4.51. The van der Waals surface area contributed by atoms with Gasteiger partial charge in [-0.05, 0) is 81.6 Å². The van der Waals surface area contributed by atoms with E-state index in [1.165, 1.54) is 51.4 Å². The van der Waals surface area contributed by atoms with Crippen molar-refractivity contribution in [1.29, 1.82) is 0 Å². The molecule has 26 heavy (non-hydrogen) atoms. The van der Waals surface area contributed by atoms with E-state index in [1.807, 2.05) is 0 Å². The summed E-state index contributed by atoms with van der Waals surface area (Å²) in [5, 5.41) is 0. The predicted octanol–water partition coefficient (Wildman–Crippen LogP) is 7.49. The molecule has 0 spiro atoms. The lowest BCUT2D eigenvalue weighted by Gasteiger charge is -2.40. The van der Waals surface area contributed by atoms with Crippen LogP contribution in [0.4, 0.5) is 8.78 Å². The summed E-state index contributed by atoms with van der Waals surface area (Å²) in [4.78, 5) is 0. The molecule has 2 fully saturated rings. The first-order valence-corrected chi connectivity index (χ1v) is 11.0. The van der Waals surface area contributed by atoms with Crippen LogP contribution in [0.15, 0.2) is 23.5 Å². The van der Waals surface area contributed by atoms with Crippen molar-refractivity contribution < 1.29 is 13.5 Å². The average Bonchev–Trinajstić information content (AvgIpc) is 2.67.